The first-order chi connectivity index (χ1) is 8.95. The maximum absolute atomic E-state index is 13.0. The van der Waals surface area contributed by atoms with E-state index >= 15 is 0 Å². The highest BCUT2D eigenvalue weighted by Gasteiger charge is 2.12. The topological polar surface area (TPSA) is 20.2 Å². The summed E-state index contributed by atoms with van der Waals surface area (Å²) in [6.45, 7) is 1.83. The molecule has 0 aromatic heterocycles. The molecule has 1 unspecified atom stereocenters. The van der Waals surface area contributed by atoms with Gasteiger partial charge in [0, 0.05) is 15.9 Å². The number of rotatable bonds is 3. The Bertz CT molecular complexity index is 580. The van der Waals surface area contributed by atoms with Crippen molar-refractivity contribution in [2.24, 2.45) is 0 Å². The minimum Gasteiger partial charge on any atom is -0.388 e. The van der Waals surface area contributed by atoms with Crippen molar-refractivity contribution in [3.63, 3.8) is 0 Å². The molecule has 0 aliphatic heterocycles. The van der Waals surface area contributed by atoms with E-state index in [0.717, 1.165) is 21.2 Å². The van der Waals surface area contributed by atoms with Crippen LogP contribution in [0.4, 0.5) is 4.39 Å². The Hall–Kier alpha value is -0.900. The van der Waals surface area contributed by atoms with Crippen LogP contribution in [0.15, 0.2) is 40.9 Å². The van der Waals surface area contributed by atoms with Crippen LogP contribution in [0.2, 0.25) is 5.02 Å². The zero-order valence-electron chi connectivity index (χ0n) is 10.3. The number of aliphatic hydroxyl groups excluding tert-OH is 1. The number of halogens is 3. The summed E-state index contributed by atoms with van der Waals surface area (Å²) in [7, 11) is 0. The monoisotopic (exact) mass is 342 g/mol. The SMILES string of the molecule is Cc1cc(F)ccc1CC(O)c1cc(Cl)cc(Br)c1. The van der Waals surface area contributed by atoms with Crippen LogP contribution in [-0.2, 0) is 6.42 Å². The summed E-state index contributed by atoms with van der Waals surface area (Å²) in [6.07, 6.45) is -0.238. The molecule has 19 heavy (non-hydrogen) atoms. The van der Waals surface area contributed by atoms with Gasteiger partial charge in [0.1, 0.15) is 5.82 Å². The molecule has 1 nitrogen and oxygen atoms in total. The molecule has 4 heteroatoms. The summed E-state index contributed by atoms with van der Waals surface area (Å²) in [5.74, 6) is -0.263. The van der Waals surface area contributed by atoms with Crippen molar-refractivity contribution in [1.29, 1.82) is 0 Å². The van der Waals surface area contributed by atoms with E-state index in [0.29, 0.717) is 11.4 Å². The van der Waals surface area contributed by atoms with Crippen molar-refractivity contribution in [3.8, 4) is 0 Å². The predicted molar refractivity (Wildman–Crippen MR) is 79.0 cm³/mol. The number of aliphatic hydroxyl groups is 1. The summed E-state index contributed by atoms with van der Waals surface area (Å²) in [6, 6.07) is 9.90. The van der Waals surface area contributed by atoms with Gasteiger partial charge < -0.3 is 5.11 Å². The zero-order chi connectivity index (χ0) is 14.0. The largest absolute Gasteiger partial charge is 0.388 e. The number of hydrogen-bond acceptors (Lipinski definition) is 1. The van der Waals surface area contributed by atoms with Gasteiger partial charge in [0.05, 0.1) is 6.10 Å². The Morgan fingerprint density at radius 2 is 2.00 bits per heavy atom. The average Bonchev–Trinajstić information content (AvgIpc) is 2.31. The van der Waals surface area contributed by atoms with Gasteiger partial charge in [0.2, 0.25) is 0 Å². The van der Waals surface area contributed by atoms with Crippen molar-refractivity contribution in [2.45, 2.75) is 19.4 Å². The molecule has 2 aromatic carbocycles. The molecule has 1 N–H and O–H groups in total. The van der Waals surface area contributed by atoms with Gasteiger partial charge in [0.25, 0.3) is 0 Å². The van der Waals surface area contributed by atoms with E-state index in [2.05, 4.69) is 15.9 Å². The van der Waals surface area contributed by atoms with Crippen LogP contribution >= 0.6 is 27.5 Å². The fraction of sp³-hybridized carbons (Fsp3) is 0.200. The number of hydrogen-bond donors (Lipinski definition) is 1. The molecule has 0 saturated carbocycles. The summed E-state index contributed by atoms with van der Waals surface area (Å²) in [5.41, 5.74) is 2.49. The first kappa shape index (κ1) is 14.5. The second-order valence-corrected chi connectivity index (χ2v) is 5.85. The lowest BCUT2D eigenvalue weighted by molar-refractivity contribution is 0.178. The first-order valence-corrected chi connectivity index (χ1v) is 7.02. The van der Waals surface area contributed by atoms with Gasteiger partial charge in [0.15, 0.2) is 0 Å². The fourth-order valence-electron chi connectivity index (χ4n) is 1.98. The lowest BCUT2D eigenvalue weighted by atomic mass is 9.98. The Morgan fingerprint density at radius 3 is 2.63 bits per heavy atom. The van der Waals surface area contributed by atoms with Crippen molar-refractivity contribution in [1.82, 2.24) is 0 Å². The van der Waals surface area contributed by atoms with Gasteiger partial charge in [-0.3, -0.25) is 0 Å². The molecule has 2 rings (SSSR count). The molecule has 0 amide bonds. The maximum Gasteiger partial charge on any atom is 0.123 e. The molecule has 0 fully saturated rings. The van der Waals surface area contributed by atoms with Crippen LogP contribution in [0.5, 0.6) is 0 Å². The highest BCUT2D eigenvalue weighted by atomic mass is 79.9. The van der Waals surface area contributed by atoms with Crippen LogP contribution in [0, 0.1) is 12.7 Å². The highest BCUT2D eigenvalue weighted by Crippen LogP contribution is 2.26. The van der Waals surface area contributed by atoms with Gasteiger partial charge in [-0.05, 0) is 53.9 Å². The molecule has 0 spiro atoms. The molecule has 2 aromatic rings. The lowest BCUT2D eigenvalue weighted by Gasteiger charge is -2.14. The molecule has 0 radical (unpaired) electrons. The van der Waals surface area contributed by atoms with Crippen molar-refractivity contribution in [2.75, 3.05) is 0 Å². The number of aryl methyl sites for hydroxylation is 1. The molecule has 0 aliphatic rings. The third-order valence-electron chi connectivity index (χ3n) is 2.99. The fourth-order valence-corrected chi connectivity index (χ4v) is 2.87. The van der Waals surface area contributed by atoms with E-state index in [1.165, 1.54) is 12.1 Å². The van der Waals surface area contributed by atoms with Gasteiger partial charge in [-0.2, -0.15) is 0 Å². The normalized spacial score (nSPS) is 12.5. The molecule has 100 valence electrons. The predicted octanol–water partition coefficient (Wildman–Crippen LogP) is 4.83. The van der Waals surface area contributed by atoms with Crippen LogP contribution in [0.3, 0.4) is 0 Å². The van der Waals surface area contributed by atoms with Gasteiger partial charge in [-0.1, -0.05) is 33.6 Å². The van der Waals surface area contributed by atoms with E-state index in [4.69, 9.17) is 11.6 Å². The third-order valence-corrected chi connectivity index (χ3v) is 3.66. The molecular weight excluding hydrogens is 331 g/mol. The average molecular weight is 344 g/mol. The molecule has 0 aliphatic carbocycles. The number of benzene rings is 2. The Morgan fingerprint density at radius 1 is 1.26 bits per heavy atom. The van der Waals surface area contributed by atoms with Crippen LogP contribution < -0.4 is 0 Å². The van der Waals surface area contributed by atoms with E-state index in [1.54, 1.807) is 18.2 Å². The summed E-state index contributed by atoms with van der Waals surface area (Å²) >= 11 is 9.30. The van der Waals surface area contributed by atoms with Crippen molar-refractivity contribution < 1.29 is 9.50 Å². The highest BCUT2D eigenvalue weighted by molar-refractivity contribution is 9.10. The smallest absolute Gasteiger partial charge is 0.123 e. The van der Waals surface area contributed by atoms with Crippen LogP contribution in [-0.4, -0.2) is 5.11 Å². The molecule has 0 saturated heterocycles. The van der Waals surface area contributed by atoms with Gasteiger partial charge >= 0.3 is 0 Å². The first-order valence-electron chi connectivity index (χ1n) is 5.85. The Balaban J connectivity index is 2.22. The molecule has 0 bridgehead atoms. The minimum absolute atomic E-state index is 0.263. The lowest BCUT2D eigenvalue weighted by Crippen LogP contribution is -2.03. The standard InChI is InChI=1S/C15H13BrClFO/c1-9-4-14(18)3-2-10(9)7-15(19)11-5-12(16)8-13(17)6-11/h2-6,8,15,19H,7H2,1H3. The molecule has 0 heterocycles. The Labute approximate surface area is 125 Å². The van der Waals surface area contributed by atoms with E-state index in [9.17, 15) is 9.50 Å². The van der Waals surface area contributed by atoms with Crippen molar-refractivity contribution in [3.05, 3.63) is 68.4 Å². The van der Waals surface area contributed by atoms with Crippen molar-refractivity contribution >= 4 is 27.5 Å². The summed E-state index contributed by atoms with van der Waals surface area (Å²) in [4.78, 5) is 0. The maximum atomic E-state index is 13.0. The zero-order valence-corrected chi connectivity index (χ0v) is 12.7. The Kier molecular flexibility index (Phi) is 4.61. The quantitative estimate of drug-likeness (QED) is 0.846. The second-order valence-electron chi connectivity index (χ2n) is 4.49. The van der Waals surface area contributed by atoms with Crippen LogP contribution in [0.1, 0.15) is 22.8 Å². The summed E-state index contributed by atoms with van der Waals surface area (Å²) < 4.78 is 13.9. The summed E-state index contributed by atoms with van der Waals surface area (Å²) in [5, 5.41) is 10.8. The van der Waals surface area contributed by atoms with Gasteiger partial charge in [-0.15, -0.1) is 0 Å². The van der Waals surface area contributed by atoms with E-state index < -0.39 is 6.10 Å². The van der Waals surface area contributed by atoms with Crippen LogP contribution in [0.25, 0.3) is 0 Å². The molecule has 1 atom stereocenters. The second kappa shape index (κ2) is 6.04. The molecular formula is C15H13BrClFO. The van der Waals surface area contributed by atoms with E-state index in [-0.39, 0.29) is 5.82 Å². The van der Waals surface area contributed by atoms with E-state index in [1.807, 2.05) is 13.0 Å². The van der Waals surface area contributed by atoms with Gasteiger partial charge in [-0.25, -0.2) is 4.39 Å². The minimum atomic E-state index is -0.667. The third kappa shape index (κ3) is 3.78.